The summed E-state index contributed by atoms with van der Waals surface area (Å²) in [5, 5.41) is 6.54. The second kappa shape index (κ2) is 8.55. The molecule has 1 heterocycles. The number of rotatable bonds is 5. The molecule has 128 valence electrons. The molecule has 1 amide bonds. The van der Waals surface area contributed by atoms with E-state index < -0.39 is 0 Å². The average molecular weight is 339 g/mol. The highest BCUT2D eigenvalue weighted by atomic mass is 35.5. The van der Waals surface area contributed by atoms with Gasteiger partial charge in [-0.1, -0.05) is 31.0 Å². The molecule has 23 heavy (non-hydrogen) atoms. The number of para-hydroxylation sites is 1. The third kappa shape index (κ3) is 4.85. The third-order valence-corrected chi connectivity index (χ3v) is 4.82. The van der Waals surface area contributed by atoms with Crippen LogP contribution in [0, 0.1) is 5.92 Å². The van der Waals surface area contributed by atoms with Gasteiger partial charge in [0.15, 0.2) is 0 Å². The third-order valence-electron chi connectivity index (χ3n) is 4.82. The molecule has 1 aromatic rings. The first-order chi connectivity index (χ1) is 10.7. The Morgan fingerprint density at radius 2 is 2.04 bits per heavy atom. The van der Waals surface area contributed by atoms with Gasteiger partial charge in [-0.05, 0) is 44.2 Å². The van der Waals surface area contributed by atoms with Gasteiger partial charge in [-0.3, -0.25) is 4.79 Å². The number of carbonyl (C=O) groups excluding carboxylic acids is 1. The van der Waals surface area contributed by atoms with E-state index in [4.69, 9.17) is 4.74 Å². The minimum Gasteiger partial charge on any atom is -0.489 e. The SMILES string of the molecule is CC(CNC(=O)C1CC2CCCCC2N1)Oc1ccccc1.Cl. The molecule has 0 aromatic heterocycles. The summed E-state index contributed by atoms with van der Waals surface area (Å²) in [6.45, 7) is 2.52. The number of hydrogen-bond donors (Lipinski definition) is 2. The van der Waals surface area contributed by atoms with Crippen LogP contribution in [-0.2, 0) is 4.79 Å². The highest BCUT2D eigenvalue weighted by molar-refractivity contribution is 5.85. The predicted octanol–water partition coefficient (Wildman–Crippen LogP) is 2.91. The second-order valence-electron chi connectivity index (χ2n) is 6.59. The van der Waals surface area contributed by atoms with Crippen LogP contribution in [0.3, 0.4) is 0 Å². The normalized spacial score (nSPS) is 27.4. The average Bonchev–Trinajstić information content (AvgIpc) is 2.98. The minimum absolute atomic E-state index is 0. The van der Waals surface area contributed by atoms with E-state index in [1.807, 2.05) is 37.3 Å². The summed E-state index contributed by atoms with van der Waals surface area (Å²) in [7, 11) is 0. The van der Waals surface area contributed by atoms with E-state index in [0.717, 1.165) is 12.2 Å². The summed E-state index contributed by atoms with van der Waals surface area (Å²) in [4.78, 5) is 12.3. The Morgan fingerprint density at radius 3 is 2.78 bits per heavy atom. The zero-order valence-electron chi connectivity index (χ0n) is 13.7. The van der Waals surface area contributed by atoms with Crippen molar-refractivity contribution < 1.29 is 9.53 Å². The molecule has 0 radical (unpaired) electrons. The molecule has 1 aliphatic heterocycles. The number of carbonyl (C=O) groups is 1. The van der Waals surface area contributed by atoms with E-state index in [-0.39, 0.29) is 30.5 Å². The van der Waals surface area contributed by atoms with Gasteiger partial charge in [0.1, 0.15) is 11.9 Å². The van der Waals surface area contributed by atoms with Gasteiger partial charge in [0.2, 0.25) is 5.91 Å². The van der Waals surface area contributed by atoms with Crippen LogP contribution < -0.4 is 15.4 Å². The van der Waals surface area contributed by atoms with E-state index >= 15 is 0 Å². The van der Waals surface area contributed by atoms with Crippen LogP contribution in [0.4, 0.5) is 0 Å². The second-order valence-corrected chi connectivity index (χ2v) is 6.59. The summed E-state index contributed by atoms with van der Waals surface area (Å²) in [6.07, 6.45) is 6.07. The summed E-state index contributed by atoms with van der Waals surface area (Å²) in [5.41, 5.74) is 0. The van der Waals surface area contributed by atoms with Gasteiger partial charge in [-0.15, -0.1) is 12.4 Å². The van der Waals surface area contributed by atoms with Crippen molar-refractivity contribution >= 4 is 18.3 Å². The molecule has 1 saturated heterocycles. The molecule has 3 rings (SSSR count). The molecule has 4 nitrogen and oxygen atoms in total. The van der Waals surface area contributed by atoms with Crippen LogP contribution in [0.15, 0.2) is 30.3 Å². The molecule has 1 aromatic carbocycles. The lowest BCUT2D eigenvalue weighted by Crippen LogP contribution is -2.45. The van der Waals surface area contributed by atoms with Gasteiger partial charge >= 0.3 is 0 Å². The summed E-state index contributed by atoms with van der Waals surface area (Å²) < 4.78 is 5.79. The van der Waals surface area contributed by atoms with Crippen LogP contribution >= 0.6 is 12.4 Å². The van der Waals surface area contributed by atoms with Crippen LogP contribution in [0.1, 0.15) is 39.0 Å². The van der Waals surface area contributed by atoms with Crippen molar-refractivity contribution in [1.82, 2.24) is 10.6 Å². The number of fused-ring (bicyclic) bond motifs is 1. The van der Waals surface area contributed by atoms with E-state index in [2.05, 4.69) is 10.6 Å². The van der Waals surface area contributed by atoms with Gasteiger partial charge in [-0.25, -0.2) is 0 Å². The molecular formula is C18H27ClN2O2. The van der Waals surface area contributed by atoms with Crippen molar-refractivity contribution in [3.05, 3.63) is 30.3 Å². The number of benzene rings is 1. The largest absolute Gasteiger partial charge is 0.489 e. The Morgan fingerprint density at radius 1 is 1.30 bits per heavy atom. The Balaban J connectivity index is 0.00000192. The molecule has 4 atom stereocenters. The minimum atomic E-state index is -0.0324. The van der Waals surface area contributed by atoms with Crippen molar-refractivity contribution in [3.63, 3.8) is 0 Å². The maximum atomic E-state index is 12.3. The van der Waals surface area contributed by atoms with Crippen molar-refractivity contribution in [1.29, 1.82) is 0 Å². The van der Waals surface area contributed by atoms with Crippen molar-refractivity contribution in [2.45, 2.75) is 57.2 Å². The smallest absolute Gasteiger partial charge is 0.237 e. The standard InChI is InChI=1S/C18H26N2O2.ClH/c1-13(22-15-8-3-2-4-9-15)12-19-18(21)17-11-14-7-5-6-10-16(14)20-17;/h2-4,8-9,13-14,16-17,20H,5-7,10-12H2,1H3,(H,19,21);1H. The lowest BCUT2D eigenvalue weighted by Gasteiger charge is -2.24. The monoisotopic (exact) mass is 338 g/mol. The molecule has 1 aliphatic carbocycles. The van der Waals surface area contributed by atoms with E-state index in [1.54, 1.807) is 0 Å². The quantitative estimate of drug-likeness (QED) is 0.868. The van der Waals surface area contributed by atoms with Gasteiger partial charge in [-0.2, -0.15) is 0 Å². The first kappa shape index (κ1) is 18.1. The topological polar surface area (TPSA) is 50.4 Å². The van der Waals surface area contributed by atoms with Crippen molar-refractivity contribution in [2.75, 3.05) is 6.54 Å². The van der Waals surface area contributed by atoms with E-state index in [0.29, 0.717) is 18.5 Å². The Bertz CT molecular complexity index is 483. The van der Waals surface area contributed by atoms with Gasteiger partial charge in [0, 0.05) is 6.04 Å². The molecule has 0 spiro atoms. The Labute approximate surface area is 144 Å². The Hall–Kier alpha value is -1.26. The fourth-order valence-corrected chi connectivity index (χ4v) is 3.66. The van der Waals surface area contributed by atoms with E-state index in [9.17, 15) is 4.79 Å². The number of amides is 1. The maximum absolute atomic E-state index is 12.3. The van der Waals surface area contributed by atoms with E-state index in [1.165, 1.54) is 25.7 Å². The number of halogens is 1. The number of ether oxygens (including phenoxy) is 1. The van der Waals surface area contributed by atoms with Crippen LogP contribution in [0.5, 0.6) is 5.75 Å². The molecule has 2 aliphatic rings. The first-order valence-corrected chi connectivity index (χ1v) is 8.48. The maximum Gasteiger partial charge on any atom is 0.237 e. The number of hydrogen-bond acceptors (Lipinski definition) is 3. The summed E-state index contributed by atoms with van der Waals surface area (Å²) in [6, 6.07) is 10.3. The summed E-state index contributed by atoms with van der Waals surface area (Å²) >= 11 is 0. The van der Waals surface area contributed by atoms with Crippen LogP contribution in [0.2, 0.25) is 0 Å². The zero-order valence-corrected chi connectivity index (χ0v) is 14.5. The molecule has 4 unspecified atom stereocenters. The summed E-state index contributed by atoms with van der Waals surface area (Å²) in [5.74, 6) is 1.66. The molecular weight excluding hydrogens is 312 g/mol. The fraction of sp³-hybridized carbons (Fsp3) is 0.611. The first-order valence-electron chi connectivity index (χ1n) is 8.48. The zero-order chi connectivity index (χ0) is 15.4. The lowest BCUT2D eigenvalue weighted by atomic mass is 9.85. The Kier molecular flexibility index (Phi) is 6.72. The van der Waals surface area contributed by atoms with Gasteiger partial charge < -0.3 is 15.4 Å². The molecule has 1 saturated carbocycles. The van der Waals surface area contributed by atoms with Gasteiger partial charge in [0.25, 0.3) is 0 Å². The van der Waals surface area contributed by atoms with Crippen molar-refractivity contribution in [3.8, 4) is 5.75 Å². The van der Waals surface area contributed by atoms with Crippen molar-refractivity contribution in [2.24, 2.45) is 5.92 Å². The number of nitrogens with one attached hydrogen (secondary N) is 2. The molecule has 2 N–H and O–H groups in total. The molecule has 0 bridgehead atoms. The van der Waals surface area contributed by atoms with Crippen LogP contribution in [0.25, 0.3) is 0 Å². The lowest BCUT2D eigenvalue weighted by molar-refractivity contribution is -0.123. The molecule has 2 fully saturated rings. The highest BCUT2D eigenvalue weighted by Gasteiger charge is 2.38. The van der Waals surface area contributed by atoms with Gasteiger partial charge in [0.05, 0.1) is 12.6 Å². The fourth-order valence-electron chi connectivity index (χ4n) is 3.66. The molecule has 5 heteroatoms. The van der Waals surface area contributed by atoms with Crippen LogP contribution in [-0.4, -0.2) is 30.6 Å². The highest BCUT2D eigenvalue weighted by Crippen LogP contribution is 2.33. The predicted molar refractivity (Wildman–Crippen MR) is 94.1 cm³/mol.